The number of thiol groups is 1. The van der Waals surface area contributed by atoms with Crippen LogP contribution in [0.2, 0.25) is 0 Å². The number of aromatic nitrogens is 4. The largest absolute Gasteiger partial charge is 0.481 e. The highest BCUT2D eigenvalue weighted by atomic mass is 32.1. The van der Waals surface area contributed by atoms with E-state index in [-0.39, 0.29) is 35.9 Å². The van der Waals surface area contributed by atoms with Crippen molar-refractivity contribution in [2.24, 2.45) is 5.41 Å². The highest BCUT2D eigenvalue weighted by Crippen LogP contribution is 2.61. The summed E-state index contributed by atoms with van der Waals surface area (Å²) >= 11 is 3.95. The molecule has 7 atom stereocenters. The second-order valence-corrected chi connectivity index (χ2v) is 20.7. The standard InChI is InChI=1S/C21H36N7O16P3S.C16H34O2/c1-21(2,16(31)19(32)24-4-3-12(29)23-5-6-48)8-41-47(38,39)44-46(36,37)40-7-11-15(43-45(33,34)35)14(30)20(42-11)28-10-27-13-17(22)25-9-26-18(13)28;1-3-5-7-9-11-13-15-17-18-16-14-12-10-8-6-4-2/h9-11,14-16,20,30-31,48H,3-8H2,1-2H3,(H,23,29)(H,24,32)(H,36,37)(H,38,39)(H2,22,25,26)(H2,33,34,35);3-16H2,1-2H3/t11-,14-,15-,16+,20-;/m1./s1. The fourth-order valence-corrected chi connectivity index (χ4v) is 9.08. The first-order valence-corrected chi connectivity index (χ1v) is 27.0. The molecule has 0 bridgehead atoms. The molecule has 0 spiro atoms. The zero-order chi connectivity index (χ0) is 49.4. The van der Waals surface area contributed by atoms with Crippen LogP contribution in [0.4, 0.5) is 5.82 Å². The van der Waals surface area contributed by atoms with E-state index in [1.807, 2.05) is 0 Å². The Labute approximate surface area is 390 Å². The highest BCUT2D eigenvalue weighted by Gasteiger charge is 2.50. The van der Waals surface area contributed by atoms with E-state index in [9.17, 15) is 53.1 Å². The summed E-state index contributed by atoms with van der Waals surface area (Å²) in [5.74, 6) is -0.943. The van der Waals surface area contributed by atoms with Crippen molar-refractivity contribution in [2.45, 2.75) is 142 Å². The van der Waals surface area contributed by atoms with Gasteiger partial charge >= 0.3 is 23.5 Å². The van der Waals surface area contributed by atoms with Crippen LogP contribution in [-0.2, 0) is 55.7 Å². The number of anilines is 1. The normalized spacial score (nSPS) is 20.0. The van der Waals surface area contributed by atoms with Gasteiger partial charge in [0.25, 0.3) is 0 Å². The lowest BCUT2D eigenvalue weighted by molar-refractivity contribution is -0.295. The van der Waals surface area contributed by atoms with Gasteiger partial charge in [0.15, 0.2) is 17.7 Å². The molecular weight excluding hydrogens is 955 g/mol. The number of phosphoric acid groups is 3. The van der Waals surface area contributed by atoms with Gasteiger partial charge < -0.3 is 50.9 Å². The van der Waals surface area contributed by atoms with Crippen molar-refractivity contribution < 1.29 is 85.5 Å². The minimum absolute atomic E-state index is 0.0363. The lowest BCUT2D eigenvalue weighted by Crippen LogP contribution is -2.46. The molecule has 382 valence electrons. The molecule has 2 amide bonds. The molecule has 1 saturated heterocycles. The number of rotatable bonds is 33. The van der Waals surface area contributed by atoms with Crippen LogP contribution in [-0.4, -0.2) is 131 Å². The van der Waals surface area contributed by atoms with Gasteiger partial charge in [-0.05, 0) is 12.8 Å². The van der Waals surface area contributed by atoms with Crippen LogP contribution in [0, 0.1) is 5.41 Å². The summed E-state index contributed by atoms with van der Waals surface area (Å²) < 4.78 is 61.7. The van der Waals surface area contributed by atoms with Gasteiger partial charge in [0.1, 0.15) is 36.3 Å². The molecule has 0 aromatic carbocycles. The third kappa shape index (κ3) is 22.9. The Morgan fingerprint density at radius 1 is 0.879 bits per heavy atom. The van der Waals surface area contributed by atoms with E-state index in [0.29, 0.717) is 12.3 Å². The van der Waals surface area contributed by atoms with E-state index >= 15 is 0 Å². The Hall–Kier alpha value is -2.19. The van der Waals surface area contributed by atoms with Crippen LogP contribution >= 0.6 is 36.1 Å². The number of phosphoric ester groups is 3. The number of aliphatic hydroxyl groups excluding tert-OH is 2. The molecule has 3 heterocycles. The van der Waals surface area contributed by atoms with Gasteiger partial charge in [-0.25, -0.2) is 38.4 Å². The zero-order valence-corrected chi connectivity index (χ0v) is 41.5. The fourth-order valence-electron chi connectivity index (χ4n) is 6.14. The third-order valence-corrected chi connectivity index (χ3v) is 13.1. The molecule has 1 aliphatic heterocycles. The summed E-state index contributed by atoms with van der Waals surface area (Å²) in [6.07, 6.45) is 8.89. The molecule has 1 aliphatic rings. The number of imidazole rings is 1. The maximum absolute atomic E-state index is 12.6. The zero-order valence-electron chi connectivity index (χ0n) is 37.9. The summed E-state index contributed by atoms with van der Waals surface area (Å²) in [7, 11) is -16.3. The number of fused-ring (bicyclic) bond motifs is 1. The molecule has 25 nitrogen and oxygen atoms in total. The van der Waals surface area contributed by atoms with Crippen molar-refractivity contribution in [3.05, 3.63) is 12.7 Å². The Bertz CT molecular complexity index is 1870. The first-order chi connectivity index (χ1) is 31.1. The van der Waals surface area contributed by atoms with Gasteiger partial charge in [-0.1, -0.05) is 91.9 Å². The minimum Gasteiger partial charge on any atom is -0.386 e. The number of ether oxygens (including phenoxy) is 1. The molecule has 29 heteroatoms. The van der Waals surface area contributed by atoms with E-state index in [4.69, 9.17) is 29.3 Å². The van der Waals surface area contributed by atoms with Crippen LogP contribution in [0.25, 0.3) is 11.2 Å². The van der Waals surface area contributed by atoms with Gasteiger partial charge in [-0.2, -0.15) is 16.9 Å². The summed E-state index contributed by atoms with van der Waals surface area (Å²) in [4.78, 5) is 84.9. The van der Waals surface area contributed by atoms with Crippen LogP contribution in [0.15, 0.2) is 12.7 Å². The number of hydrogen-bond donors (Lipinski definition) is 10. The number of nitrogen functional groups attached to an aromatic ring is 1. The third-order valence-electron chi connectivity index (χ3n) is 9.76. The van der Waals surface area contributed by atoms with E-state index < -0.39 is 78.6 Å². The lowest BCUT2D eigenvalue weighted by Gasteiger charge is -2.30. The predicted molar refractivity (Wildman–Crippen MR) is 242 cm³/mol. The van der Waals surface area contributed by atoms with Gasteiger partial charge in [0.2, 0.25) is 11.8 Å². The van der Waals surface area contributed by atoms with Crippen molar-refractivity contribution >= 4 is 64.9 Å². The first kappa shape index (κ1) is 59.9. The van der Waals surface area contributed by atoms with Crippen molar-refractivity contribution in [1.29, 1.82) is 0 Å². The van der Waals surface area contributed by atoms with E-state index in [1.54, 1.807) is 0 Å². The number of hydrogen-bond acceptors (Lipinski definition) is 19. The van der Waals surface area contributed by atoms with Crippen LogP contribution in [0.5, 0.6) is 0 Å². The molecule has 0 aliphatic carbocycles. The number of nitrogens with two attached hydrogens (primary N) is 1. The minimum atomic E-state index is -5.54. The number of aliphatic hydroxyl groups is 2. The van der Waals surface area contributed by atoms with E-state index in [1.165, 1.54) is 78.1 Å². The molecule has 10 N–H and O–H groups in total. The van der Waals surface area contributed by atoms with Gasteiger partial charge in [0.05, 0.1) is 32.8 Å². The number of amides is 2. The predicted octanol–water partition coefficient (Wildman–Crippen LogP) is 3.99. The Morgan fingerprint density at radius 3 is 2.03 bits per heavy atom. The quantitative estimate of drug-likeness (QED) is 0.0159. The number of carbonyl (C=O) groups is 2. The average molecular weight is 1030 g/mol. The first-order valence-electron chi connectivity index (χ1n) is 21.8. The Kier molecular flexibility index (Phi) is 27.6. The van der Waals surface area contributed by atoms with Crippen LogP contribution in [0.1, 0.15) is 117 Å². The second-order valence-electron chi connectivity index (χ2n) is 16.0. The van der Waals surface area contributed by atoms with E-state index in [0.717, 1.165) is 43.3 Å². The highest BCUT2D eigenvalue weighted by molar-refractivity contribution is 7.80. The maximum atomic E-state index is 12.6. The molecule has 66 heavy (non-hydrogen) atoms. The van der Waals surface area contributed by atoms with Gasteiger partial charge in [0, 0.05) is 30.7 Å². The van der Waals surface area contributed by atoms with Crippen LogP contribution < -0.4 is 16.4 Å². The number of nitrogens with zero attached hydrogens (tertiary/aromatic N) is 4. The monoisotopic (exact) mass is 1030 g/mol. The van der Waals surface area contributed by atoms with Crippen molar-refractivity contribution in [2.75, 3.05) is 51.0 Å². The topological polar surface area (TPSA) is 365 Å². The molecule has 2 aromatic heterocycles. The SMILES string of the molecule is CC(C)(COP(=O)(O)OP(=O)(O)OC[C@H]1O[C@@H](n2cnc3c(N)ncnc32)[C@H](O)[C@@H]1OP(=O)(O)O)[C@@H](O)C(=O)NCCC(=O)NCCS.CCCCCCCCOOCCCCCCCC. The summed E-state index contributed by atoms with van der Waals surface area (Å²) in [6.45, 7) is 6.75. The molecule has 0 saturated carbocycles. The van der Waals surface area contributed by atoms with Crippen LogP contribution in [0.3, 0.4) is 0 Å². The summed E-state index contributed by atoms with van der Waals surface area (Å²) in [6, 6.07) is 0. The molecule has 0 radical (unpaired) electrons. The molecule has 3 rings (SSSR count). The molecule has 2 aromatic rings. The lowest BCUT2D eigenvalue weighted by atomic mass is 9.87. The fraction of sp³-hybridized carbons (Fsp3) is 0.811. The number of unbranched alkanes of at least 4 members (excludes halogenated alkanes) is 10. The Balaban J connectivity index is 0.000000699. The van der Waals surface area contributed by atoms with E-state index in [2.05, 4.69) is 60.9 Å². The maximum Gasteiger partial charge on any atom is 0.481 e. The number of carbonyl (C=O) groups excluding carboxylic acids is 2. The van der Waals surface area contributed by atoms with Gasteiger partial charge in [-0.3, -0.25) is 27.7 Å². The van der Waals surface area contributed by atoms with Crippen molar-refractivity contribution in [1.82, 2.24) is 30.2 Å². The molecule has 1 fully saturated rings. The van der Waals surface area contributed by atoms with Crippen molar-refractivity contribution in [3.63, 3.8) is 0 Å². The summed E-state index contributed by atoms with van der Waals surface area (Å²) in [5, 5.41) is 26.1. The smallest absolute Gasteiger partial charge is 0.386 e. The average Bonchev–Trinajstić information content (AvgIpc) is 3.81. The Morgan fingerprint density at radius 2 is 1.45 bits per heavy atom. The van der Waals surface area contributed by atoms with Gasteiger partial charge in [-0.15, -0.1) is 0 Å². The molecule has 2 unspecified atom stereocenters. The summed E-state index contributed by atoms with van der Waals surface area (Å²) in [5.41, 5.74) is 4.30. The number of nitrogens with one attached hydrogen (secondary N) is 2. The van der Waals surface area contributed by atoms with Crippen molar-refractivity contribution in [3.8, 4) is 0 Å². The molecular formula is C37H70N7O18P3S. The second kappa shape index (κ2) is 30.4.